The molecule has 0 N–H and O–H groups in total. The molecule has 0 saturated carbocycles. The van der Waals surface area contributed by atoms with Gasteiger partial charge >= 0.3 is 0 Å². The third-order valence-electron chi connectivity index (χ3n) is 6.70. The van der Waals surface area contributed by atoms with Crippen molar-refractivity contribution >= 4 is 17.5 Å². The SMILES string of the molecule is CC(C)N1CCCN(C(=O)CCc2ccccc2)c2ccccc2CN(C(=O)c2cnccn2)CC1. The third kappa shape index (κ3) is 6.55. The van der Waals surface area contributed by atoms with Gasteiger partial charge in [-0.05, 0) is 43.9 Å². The molecule has 188 valence electrons. The lowest BCUT2D eigenvalue weighted by atomic mass is 10.1. The minimum Gasteiger partial charge on any atom is -0.332 e. The highest BCUT2D eigenvalue weighted by Gasteiger charge is 2.25. The summed E-state index contributed by atoms with van der Waals surface area (Å²) in [6.45, 7) is 7.58. The molecular formula is C29H35N5O2. The number of fused-ring (bicyclic) bond motifs is 1. The zero-order valence-corrected chi connectivity index (χ0v) is 21.2. The van der Waals surface area contributed by atoms with E-state index < -0.39 is 0 Å². The van der Waals surface area contributed by atoms with Gasteiger partial charge in [0.25, 0.3) is 5.91 Å². The number of nitrogens with zero attached hydrogens (tertiary/aromatic N) is 5. The van der Waals surface area contributed by atoms with Crippen LogP contribution in [0.25, 0.3) is 0 Å². The summed E-state index contributed by atoms with van der Waals surface area (Å²) in [5.41, 5.74) is 3.33. The second-order valence-electron chi connectivity index (χ2n) is 9.46. The van der Waals surface area contributed by atoms with E-state index in [1.54, 1.807) is 12.4 Å². The first-order valence-electron chi connectivity index (χ1n) is 12.7. The van der Waals surface area contributed by atoms with E-state index in [1.807, 2.05) is 52.3 Å². The first-order chi connectivity index (χ1) is 17.5. The summed E-state index contributed by atoms with van der Waals surface area (Å²) in [7, 11) is 0. The quantitative estimate of drug-likeness (QED) is 0.542. The van der Waals surface area contributed by atoms with Gasteiger partial charge in [-0.15, -0.1) is 0 Å². The third-order valence-corrected chi connectivity index (χ3v) is 6.70. The number of carbonyl (C=O) groups is 2. The lowest BCUT2D eigenvalue weighted by Crippen LogP contribution is -2.41. The van der Waals surface area contributed by atoms with Crippen LogP contribution in [0.3, 0.4) is 0 Å². The standard InChI is InChI=1S/C29H35N5O2/c1-23(2)32-17-8-18-34(28(35)14-13-24-9-4-3-5-10-24)27-12-7-6-11-25(27)22-33(20-19-32)29(36)26-21-30-15-16-31-26/h3-7,9-12,15-16,21,23H,8,13-14,17-20,22H2,1-2H3. The Labute approximate surface area is 213 Å². The fraction of sp³-hybridized carbons (Fsp3) is 0.379. The second kappa shape index (κ2) is 12.4. The molecule has 7 heteroatoms. The molecular weight excluding hydrogens is 450 g/mol. The van der Waals surface area contributed by atoms with Gasteiger partial charge in [-0.2, -0.15) is 0 Å². The van der Waals surface area contributed by atoms with Crippen LogP contribution in [0.4, 0.5) is 5.69 Å². The molecule has 0 spiro atoms. The van der Waals surface area contributed by atoms with Crippen molar-refractivity contribution in [2.75, 3.05) is 31.1 Å². The molecule has 0 unspecified atom stereocenters. The van der Waals surface area contributed by atoms with Crippen molar-refractivity contribution in [3.05, 3.63) is 90.0 Å². The van der Waals surface area contributed by atoms with E-state index in [0.717, 1.165) is 36.3 Å². The minimum absolute atomic E-state index is 0.105. The van der Waals surface area contributed by atoms with E-state index in [4.69, 9.17) is 0 Å². The van der Waals surface area contributed by atoms with Crippen LogP contribution in [0, 0.1) is 0 Å². The number of rotatable bonds is 5. The molecule has 2 amide bonds. The maximum Gasteiger partial charge on any atom is 0.274 e. The fourth-order valence-corrected chi connectivity index (χ4v) is 4.66. The van der Waals surface area contributed by atoms with Crippen molar-refractivity contribution in [2.24, 2.45) is 0 Å². The fourth-order valence-electron chi connectivity index (χ4n) is 4.66. The molecule has 2 aromatic carbocycles. The smallest absolute Gasteiger partial charge is 0.274 e. The van der Waals surface area contributed by atoms with Gasteiger partial charge in [0.05, 0.1) is 6.20 Å². The van der Waals surface area contributed by atoms with Crippen molar-refractivity contribution in [1.29, 1.82) is 0 Å². The molecule has 0 fully saturated rings. The molecule has 2 heterocycles. The van der Waals surface area contributed by atoms with Crippen LogP contribution in [0.5, 0.6) is 0 Å². The zero-order chi connectivity index (χ0) is 25.3. The Kier molecular flexibility index (Phi) is 8.79. The van der Waals surface area contributed by atoms with Gasteiger partial charge in [-0.1, -0.05) is 48.5 Å². The Balaban J connectivity index is 1.63. The van der Waals surface area contributed by atoms with Crippen LogP contribution in [-0.2, 0) is 17.8 Å². The normalized spacial score (nSPS) is 15.3. The van der Waals surface area contributed by atoms with Crippen LogP contribution >= 0.6 is 0 Å². The topological polar surface area (TPSA) is 69.6 Å². The van der Waals surface area contributed by atoms with Crippen molar-refractivity contribution < 1.29 is 9.59 Å². The predicted molar refractivity (Wildman–Crippen MR) is 142 cm³/mol. The summed E-state index contributed by atoms with van der Waals surface area (Å²) in [5, 5.41) is 0. The van der Waals surface area contributed by atoms with E-state index in [2.05, 4.69) is 40.8 Å². The van der Waals surface area contributed by atoms with Gasteiger partial charge in [0.15, 0.2) is 0 Å². The molecule has 7 nitrogen and oxygen atoms in total. The molecule has 3 aromatic rings. The Morgan fingerprint density at radius 1 is 0.917 bits per heavy atom. The van der Waals surface area contributed by atoms with Gasteiger partial charge in [0.1, 0.15) is 5.69 Å². The number of aryl methyl sites for hydroxylation is 1. The summed E-state index contributed by atoms with van der Waals surface area (Å²) in [6, 6.07) is 18.4. The molecule has 4 rings (SSSR count). The van der Waals surface area contributed by atoms with Crippen LogP contribution in [0.1, 0.15) is 48.3 Å². The Hall–Kier alpha value is -3.58. The van der Waals surface area contributed by atoms with Crippen LogP contribution < -0.4 is 4.90 Å². The van der Waals surface area contributed by atoms with E-state index >= 15 is 0 Å². The number of para-hydroxylation sites is 1. The number of carbonyl (C=O) groups excluding carboxylic acids is 2. The Morgan fingerprint density at radius 2 is 1.69 bits per heavy atom. The van der Waals surface area contributed by atoms with Gasteiger partial charge in [0.2, 0.25) is 5.91 Å². The van der Waals surface area contributed by atoms with Crippen LogP contribution in [0.2, 0.25) is 0 Å². The monoisotopic (exact) mass is 485 g/mol. The maximum absolute atomic E-state index is 13.5. The first-order valence-corrected chi connectivity index (χ1v) is 12.7. The molecule has 0 atom stereocenters. The number of aromatic nitrogens is 2. The van der Waals surface area contributed by atoms with E-state index in [-0.39, 0.29) is 11.8 Å². The van der Waals surface area contributed by atoms with E-state index in [0.29, 0.717) is 44.2 Å². The number of hydrogen-bond donors (Lipinski definition) is 0. The molecule has 0 radical (unpaired) electrons. The Bertz CT molecular complexity index is 1140. The van der Waals surface area contributed by atoms with E-state index in [9.17, 15) is 9.59 Å². The largest absolute Gasteiger partial charge is 0.332 e. The van der Waals surface area contributed by atoms with Crippen molar-refractivity contribution in [3.8, 4) is 0 Å². The van der Waals surface area contributed by atoms with Crippen molar-refractivity contribution in [1.82, 2.24) is 19.8 Å². The molecule has 0 bridgehead atoms. The highest BCUT2D eigenvalue weighted by molar-refractivity contribution is 5.95. The number of amides is 2. The summed E-state index contributed by atoms with van der Waals surface area (Å²) >= 11 is 0. The van der Waals surface area contributed by atoms with Crippen molar-refractivity contribution in [2.45, 2.75) is 45.7 Å². The van der Waals surface area contributed by atoms with E-state index in [1.165, 1.54) is 6.20 Å². The summed E-state index contributed by atoms with van der Waals surface area (Å²) < 4.78 is 0. The highest BCUT2D eigenvalue weighted by Crippen LogP contribution is 2.25. The summed E-state index contributed by atoms with van der Waals surface area (Å²) in [6.07, 6.45) is 6.63. The second-order valence-corrected chi connectivity index (χ2v) is 9.46. The van der Waals surface area contributed by atoms with Crippen LogP contribution in [-0.4, -0.2) is 63.8 Å². The van der Waals surface area contributed by atoms with Gasteiger partial charge in [-0.25, -0.2) is 4.98 Å². The number of hydrogen-bond acceptors (Lipinski definition) is 5. The molecule has 1 aromatic heterocycles. The minimum atomic E-state index is -0.150. The zero-order valence-electron chi connectivity index (χ0n) is 21.2. The number of anilines is 1. The highest BCUT2D eigenvalue weighted by atomic mass is 16.2. The Morgan fingerprint density at radius 3 is 2.44 bits per heavy atom. The molecule has 1 aliphatic heterocycles. The maximum atomic E-state index is 13.5. The summed E-state index contributed by atoms with van der Waals surface area (Å²) in [4.78, 5) is 41.4. The lowest BCUT2D eigenvalue weighted by molar-refractivity contribution is -0.118. The molecule has 0 saturated heterocycles. The van der Waals surface area contributed by atoms with Crippen LogP contribution in [0.15, 0.2) is 73.2 Å². The first kappa shape index (κ1) is 25.5. The lowest BCUT2D eigenvalue weighted by Gasteiger charge is -2.30. The predicted octanol–water partition coefficient (Wildman–Crippen LogP) is 4.20. The average molecular weight is 486 g/mol. The molecule has 0 aliphatic carbocycles. The van der Waals surface area contributed by atoms with Crippen molar-refractivity contribution in [3.63, 3.8) is 0 Å². The van der Waals surface area contributed by atoms with Gasteiger partial charge in [-0.3, -0.25) is 19.5 Å². The van der Waals surface area contributed by atoms with Gasteiger partial charge < -0.3 is 9.80 Å². The number of benzene rings is 2. The van der Waals surface area contributed by atoms with Gasteiger partial charge in [0, 0.05) is 63.3 Å². The summed E-state index contributed by atoms with van der Waals surface area (Å²) in [5.74, 6) is -0.0451. The average Bonchev–Trinajstić information content (AvgIpc) is 2.95. The molecule has 1 aliphatic rings. The molecule has 36 heavy (non-hydrogen) atoms.